The lowest BCUT2D eigenvalue weighted by Gasteiger charge is -2.14. The van der Waals surface area contributed by atoms with Gasteiger partial charge in [-0.25, -0.2) is 0 Å². The molecule has 0 heterocycles. The fourth-order valence-electron chi connectivity index (χ4n) is 1.99. The molecule has 2 N–H and O–H groups in total. The van der Waals surface area contributed by atoms with E-state index in [0.717, 1.165) is 11.3 Å². The van der Waals surface area contributed by atoms with Crippen molar-refractivity contribution in [3.05, 3.63) is 58.6 Å². The monoisotopic (exact) mass is 289 g/mol. The topological polar surface area (TPSA) is 49.3 Å². The summed E-state index contributed by atoms with van der Waals surface area (Å²) < 4.78 is 0. The van der Waals surface area contributed by atoms with E-state index in [1.54, 1.807) is 0 Å². The van der Waals surface area contributed by atoms with Gasteiger partial charge in [0, 0.05) is 5.69 Å². The Morgan fingerprint density at radius 1 is 1.20 bits per heavy atom. The Bertz CT molecular complexity index is 638. The van der Waals surface area contributed by atoms with Crippen LogP contribution in [0.25, 0.3) is 0 Å². The number of hydrogen-bond donors (Lipinski definition) is 2. The number of nitrogens with one attached hydrogen (secondary N) is 1. The van der Waals surface area contributed by atoms with E-state index in [9.17, 15) is 9.90 Å². The van der Waals surface area contributed by atoms with Crippen LogP contribution in [0.4, 0.5) is 5.69 Å². The lowest BCUT2D eigenvalue weighted by molar-refractivity contribution is 0.102. The maximum Gasteiger partial charge on any atom is 0.257 e. The van der Waals surface area contributed by atoms with Crippen molar-refractivity contribution in [1.29, 1.82) is 0 Å². The van der Waals surface area contributed by atoms with Crippen LogP contribution in [0.3, 0.4) is 0 Å². The Labute approximate surface area is 123 Å². The maximum absolute atomic E-state index is 12.3. The van der Waals surface area contributed by atoms with Crippen molar-refractivity contribution in [2.75, 3.05) is 5.32 Å². The SMILES string of the molecule is CC(C)c1ccccc1NC(=O)c1cc(O)ccc1Cl. The van der Waals surface area contributed by atoms with Gasteiger partial charge in [0.25, 0.3) is 5.91 Å². The first-order valence-electron chi connectivity index (χ1n) is 6.38. The summed E-state index contributed by atoms with van der Waals surface area (Å²) in [5.74, 6) is -0.0261. The van der Waals surface area contributed by atoms with E-state index in [4.69, 9.17) is 11.6 Å². The van der Waals surface area contributed by atoms with Crippen LogP contribution in [-0.4, -0.2) is 11.0 Å². The largest absolute Gasteiger partial charge is 0.508 e. The molecule has 0 atom stereocenters. The Kier molecular flexibility index (Phi) is 4.30. The lowest BCUT2D eigenvalue weighted by Crippen LogP contribution is -2.14. The summed E-state index contributed by atoms with van der Waals surface area (Å²) in [5, 5.41) is 12.6. The number of phenols is 1. The predicted molar refractivity (Wildman–Crippen MR) is 81.6 cm³/mol. The molecule has 0 fully saturated rings. The molecule has 2 aromatic carbocycles. The lowest BCUT2D eigenvalue weighted by atomic mass is 10.0. The van der Waals surface area contributed by atoms with Crippen molar-refractivity contribution in [3.63, 3.8) is 0 Å². The van der Waals surface area contributed by atoms with Crippen LogP contribution in [0.2, 0.25) is 5.02 Å². The van der Waals surface area contributed by atoms with Crippen molar-refractivity contribution in [1.82, 2.24) is 0 Å². The Morgan fingerprint density at radius 3 is 2.60 bits per heavy atom. The number of carbonyl (C=O) groups is 1. The third kappa shape index (κ3) is 3.11. The molecule has 0 aliphatic rings. The Hall–Kier alpha value is -2.00. The zero-order valence-corrected chi connectivity index (χ0v) is 12.1. The van der Waals surface area contributed by atoms with E-state index >= 15 is 0 Å². The van der Waals surface area contributed by atoms with Gasteiger partial charge in [-0.2, -0.15) is 0 Å². The highest BCUT2D eigenvalue weighted by molar-refractivity contribution is 6.34. The summed E-state index contributed by atoms with van der Waals surface area (Å²) in [5.41, 5.74) is 2.06. The second-order valence-electron chi connectivity index (χ2n) is 4.86. The molecule has 0 saturated carbocycles. The second-order valence-corrected chi connectivity index (χ2v) is 5.27. The zero-order valence-electron chi connectivity index (χ0n) is 11.4. The van der Waals surface area contributed by atoms with Gasteiger partial charge in [0.2, 0.25) is 0 Å². The minimum Gasteiger partial charge on any atom is -0.508 e. The maximum atomic E-state index is 12.3. The van der Waals surface area contributed by atoms with Crippen molar-refractivity contribution in [2.24, 2.45) is 0 Å². The molecule has 0 radical (unpaired) electrons. The molecule has 0 aliphatic heterocycles. The van der Waals surface area contributed by atoms with E-state index in [1.807, 2.05) is 24.3 Å². The molecule has 20 heavy (non-hydrogen) atoms. The quantitative estimate of drug-likeness (QED) is 0.878. The summed E-state index contributed by atoms with van der Waals surface area (Å²) >= 11 is 5.99. The first-order valence-corrected chi connectivity index (χ1v) is 6.75. The number of halogens is 1. The Morgan fingerprint density at radius 2 is 1.90 bits per heavy atom. The highest BCUT2D eigenvalue weighted by Crippen LogP contribution is 2.26. The van der Waals surface area contributed by atoms with Crippen LogP contribution < -0.4 is 5.32 Å². The molecule has 0 bridgehead atoms. The van der Waals surface area contributed by atoms with Crippen molar-refractivity contribution >= 4 is 23.2 Å². The number of aromatic hydroxyl groups is 1. The van der Waals surface area contributed by atoms with Crippen molar-refractivity contribution < 1.29 is 9.90 Å². The van der Waals surface area contributed by atoms with Crippen LogP contribution in [0.1, 0.15) is 35.7 Å². The number of benzene rings is 2. The van der Waals surface area contributed by atoms with Gasteiger partial charge >= 0.3 is 0 Å². The first-order chi connectivity index (χ1) is 9.49. The van der Waals surface area contributed by atoms with Crippen LogP contribution in [0.5, 0.6) is 5.75 Å². The van der Waals surface area contributed by atoms with E-state index < -0.39 is 0 Å². The summed E-state index contributed by atoms with van der Waals surface area (Å²) in [4.78, 5) is 12.3. The van der Waals surface area contributed by atoms with E-state index in [-0.39, 0.29) is 17.2 Å². The number of amides is 1. The zero-order chi connectivity index (χ0) is 14.7. The summed E-state index contributed by atoms with van der Waals surface area (Å²) in [6.45, 7) is 4.12. The number of hydrogen-bond acceptors (Lipinski definition) is 2. The van der Waals surface area contributed by atoms with Gasteiger partial charge in [-0.15, -0.1) is 0 Å². The fourth-order valence-corrected chi connectivity index (χ4v) is 2.19. The van der Waals surface area contributed by atoms with Gasteiger partial charge in [0.1, 0.15) is 5.75 Å². The average molecular weight is 290 g/mol. The number of para-hydroxylation sites is 1. The highest BCUT2D eigenvalue weighted by atomic mass is 35.5. The van der Waals surface area contributed by atoms with Gasteiger partial charge < -0.3 is 10.4 Å². The summed E-state index contributed by atoms with van der Waals surface area (Å²) in [6.07, 6.45) is 0. The average Bonchev–Trinajstić information content (AvgIpc) is 2.41. The van der Waals surface area contributed by atoms with Crippen molar-refractivity contribution in [3.8, 4) is 5.75 Å². The fraction of sp³-hybridized carbons (Fsp3) is 0.188. The number of anilines is 1. The third-order valence-corrected chi connectivity index (χ3v) is 3.36. The second kappa shape index (κ2) is 5.97. The van der Waals surface area contributed by atoms with Crippen LogP contribution in [0.15, 0.2) is 42.5 Å². The third-order valence-electron chi connectivity index (χ3n) is 3.03. The van der Waals surface area contributed by atoms with Gasteiger partial charge in [-0.05, 0) is 35.7 Å². The van der Waals surface area contributed by atoms with Crippen molar-refractivity contribution in [2.45, 2.75) is 19.8 Å². The molecule has 0 spiro atoms. The smallest absolute Gasteiger partial charge is 0.257 e. The molecule has 0 unspecified atom stereocenters. The van der Waals surface area contributed by atoms with Gasteiger partial charge in [0.15, 0.2) is 0 Å². The van der Waals surface area contributed by atoms with Gasteiger partial charge in [-0.1, -0.05) is 43.6 Å². The summed E-state index contributed by atoms with van der Waals surface area (Å²) in [7, 11) is 0. The summed E-state index contributed by atoms with van der Waals surface area (Å²) in [6, 6.07) is 11.9. The molecule has 2 rings (SSSR count). The van der Waals surface area contributed by atoms with E-state index in [1.165, 1.54) is 18.2 Å². The van der Waals surface area contributed by atoms with E-state index in [0.29, 0.717) is 10.9 Å². The molecule has 0 aromatic heterocycles. The minimum atomic E-state index is -0.334. The number of rotatable bonds is 3. The van der Waals surface area contributed by atoms with Crippen LogP contribution >= 0.6 is 11.6 Å². The van der Waals surface area contributed by atoms with Crippen LogP contribution in [0, 0.1) is 0 Å². The molecular formula is C16H16ClNO2. The number of phenolic OH excluding ortho intramolecular Hbond substituents is 1. The first kappa shape index (κ1) is 14.4. The number of carbonyl (C=O) groups excluding carboxylic acids is 1. The standard InChI is InChI=1S/C16H16ClNO2/c1-10(2)12-5-3-4-6-15(12)18-16(20)13-9-11(19)7-8-14(13)17/h3-10,19H,1-2H3,(H,18,20). The molecule has 0 saturated heterocycles. The van der Waals surface area contributed by atoms with Gasteiger partial charge in [-0.3, -0.25) is 4.79 Å². The Balaban J connectivity index is 2.31. The molecule has 104 valence electrons. The molecular weight excluding hydrogens is 274 g/mol. The molecule has 3 nitrogen and oxygen atoms in total. The molecule has 2 aromatic rings. The minimum absolute atomic E-state index is 0.0108. The molecule has 1 amide bonds. The highest BCUT2D eigenvalue weighted by Gasteiger charge is 2.14. The van der Waals surface area contributed by atoms with Crippen LogP contribution in [-0.2, 0) is 0 Å². The van der Waals surface area contributed by atoms with Gasteiger partial charge in [0.05, 0.1) is 10.6 Å². The predicted octanol–water partition coefficient (Wildman–Crippen LogP) is 4.42. The van der Waals surface area contributed by atoms with E-state index in [2.05, 4.69) is 19.2 Å². The normalized spacial score (nSPS) is 10.6. The molecule has 4 heteroatoms. The molecule has 0 aliphatic carbocycles.